The average Bonchev–Trinajstić information content (AvgIpc) is 2.76. The monoisotopic (exact) mass is 284 g/mol. The van der Waals surface area contributed by atoms with Gasteiger partial charge in [-0.3, -0.25) is 0 Å². The number of nitrogens with zero attached hydrogens (tertiary/aromatic N) is 1. The van der Waals surface area contributed by atoms with Crippen molar-refractivity contribution in [1.29, 1.82) is 0 Å². The minimum atomic E-state index is 0.398. The topological polar surface area (TPSA) is 66.7 Å². The first-order valence-electron chi connectivity index (χ1n) is 7.41. The van der Waals surface area contributed by atoms with Crippen LogP contribution in [0.2, 0.25) is 5.15 Å². The van der Waals surface area contributed by atoms with Crippen LogP contribution in [0, 0.1) is 0 Å². The first kappa shape index (κ1) is 14.8. The normalized spacial score (nSPS) is 23.7. The van der Waals surface area contributed by atoms with E-state index in [2.05, 4.69) is 22.2 Å². The molecule has 0 atom stereocenters. The molecule has 5 heteroatoms. The van der Waals surface area contributed by atoms with Crippen LogP contribution in [0.4, 0.5) is 0 Å². The number of aromatic amines is 1. The van der Waals surface area contributed by atoms with Gasteiger partial charge in [0.2, 0.25) is 0 Å². The number of unbranched alkanes of at least 4 members (excludes halogenated alkanes) is 1. The Morgan fingerprint density at radius 1 is 1.37 bits per heavy atom. The number of imidazole rings is 1. The maximum absolute atomic E-state index is 6.16. The smallest absolute Gasteiger partial charge is 0.151 e. The zero-order valence-electron chi connectivity index (χ0n) is 11.7. The van der Waals surface area contributed by atoms with E-state index in [1.54, 1.807) is 0 Å². The number of aryl methyl sites for hydroxylation is 1. The molecule has 4 nitrogen and oxygen atoms in total. The number of nitrogens with two attached hydrogens (primary N) is 1. The van der Waals surface area contributed by atoms with Crippen molar-refractivity contribution in [3.63, 3.8) is 0 Å². The minimum Gasteiger partial charge on any atom is -0.344 e. The van der Waals surface area contributed by atoms with Gasteiger partial charge < -0.3 is 16.0 Å². The molecule has 19 heavy (non-hydrogen) atoms. The predicted molar refractivity (Wildman–Crippen MR) is 79.3 cm³/mol. The fraction of sp³-hybridized carbons (Fsp3) is 0.786. The molecular weight excluding hydrogens is 260 g/mol. The molecule has 0 aliphatic heterocycles. The SMILES string of the molecule is CCCCc1nc(Cl)c(CNC2CCC(N)CC2)[nH]1. The van der Waals surface area contributed by atoms with E-state index in [0.29, 0.717) is 17.2 Å². The molecule has 1 saturated carbocycles. The molecule has 0 unspecified atom stereocenters. The molecule has 0 amide bonds. The van der Waals surface area contributed by atoms with Gasteiger partial charge in [-0.05, 0) is 32.1 Å². The third-order valence-corrected chi connectivity index (χ3v) is 4.20. The molecule has 0 saturated heterocycles. The second-order valence-corrected chi connectivity index (χ2v) is 5.91. The quantitative estimate of drug-likeness (QED) is 0.752. The summed E-state index contributed by atoms with van der Waals surface area (Å²) in [6.45, 7) is 2.96. The number of aromatic nitrogens is 2. The Balaban J connectivity index is 1.80. The molecule has 0 bridgehead atoms. The molecule has 2 rings (SSSR count). The van der Waals surface area contributed by atoms with Crippen molar-refractivity contribution < 1.29 is 0 Å². The summed E-state index contributed by atoms with van der Waals surface area (Å²) in [7, 11) is 0. The van der Waals surface area contributed by atoms with Crippen molar-refractivity contribution in [3.05, 3.63) is 16.7 Å². The lowest BCUT2D eigenvalue weighted by Gasteiger charge is -2.26. The van der Waals surface area contributed by atoms with Crippen molar-refractivity contribution in [2.75, 3.05) is 0 Å². The molecule has 0 aromatic carbocycles. The number of nitrogens with one attached hydrogen (secondary N) is 2. The summed E-state index contributed by atoms with van der Waals surface area (Å²) in [5, 5.41) is 4.17. The Morgan fingerprint density at radius 3 is 2.79 bits per heavy atom. The average molecular weight is 285 g/mol. The summed E-state index contributed by atoms with van der Waals surface area (Å²) in [5.41, 5.74) is 6.93. The van der Waals surface area contributed by atoms with Crippen LogP contribution in [-0.4, -0.2) is 22.1 Å². The fourth-order valence-electron chi connectivity index (χ4n) is 2.59. The van der Waals surface area contributed by atoms with Crippen LogP contribution < -0.4 is 11.1 Å². The van der Waals surface area contributed by atoms with E-state index in [9.17, 15) is 0 Å². The van der Waals surface area contributed by atoms with E-state index < -0.39 is 0 Å². The van der Waals surface area contributed by atoms with Crippen LogP contribution in [0.3, 0.4) is 0 Å². The van der Waals surface area contributed by atoms with E-state index >= 15 is 0 Å². The highest BCUT2D eigenvalue weighted by Gasteiger charge is 2.18. The summed E-state index contributed by atoms with van der Waals surface area (Å²) in [5.74, 6) is 1.01. The molecule has 1 aromatic rings. The van der Waals surface area contributed by atoms with Gasteiger partial charge in [-0.15, -0.1) is 0 Å². The zero-order valence-corrected chi connectivity index (χ0v) is 12.5. The van der Waals surface area contributed by atoms with Crippen LogP contribution >= 0.6 is 11.6 Å². The number of halogens is 1. The van der Waals surface area contributed by atoms with E-state index in [1.165, 1.54) is 6.42 Å². The summed E-state index contributed by atoms with van der Waals surface area (Å²) >= 11 is 6.16. The molecule has 1 heterocycles. The third-order valence-electron chi connectivity index (χ3n) is 3.88. The third kappa shape index (κ3) is 4.48. The molecule has 1 aromatic heterocycles. The predicted octanol–water partition coefficient (Wildman–Crippen LogP) is 2.77. The molecule has 0 radical (unpaired) electrons. The van der Waals surface area contributed by atoms with Gasteiger partial charge in [-0.25, -0.2) is 4.98 Å². The first-order chi connectivity index (χ1) is 9.19. The Labute approximate surface area is 120 Å². The second kappa shape index (κ2) is 7.27. The van der Waals surface area contributed by atoms with Gasteiger partial charge in [0.05, 0.1) is 5.69 Å². The Morgan fingerprint density at radius 2 is 2.11 bits per heavy atom. The first-order valence-corrected chi connectivity index (χ1v) is 7.79. The summed E-state index contributed by atoms with van der Waals surface area (Å²) in [6.07, 6.45) is 7.87. The van der Waals surface area contributed by atoms with Gasteiger partial charge in [0, 0.05) is 25.0 Å². The van der Waals surface area contributed by atoms with Crippen molar-refractivity contribution in [1.82, 2.24) is 15.3 Å². The Hall–Kier alpha value is -0.580. The van der Waals surface area contributed by atoms with Gasteiger partial charge in [0.25, 0.3) is 0 Å². The van der Waals surface area contributed by atoms with Gasteiger partial charge in [0.1, 0.15) is 5.82 Å². The van der Waals surface area contributed by atoms with Crippen molar-refractivity contribution in [2.45, 2.75) is 70.5 Å². The van der Waals surface area contributed by atoms with Crippen molar-refractivity contribution in [2.24, 2.45) is 5.73 Å². The molecular formula is C14H25ClN4. The van der Waals surface area contributed by atoms with Crippen molar-refractivity contribution in [3.8, 4) is 0 Å². The molecule has 4 N–H and O–H groups in total. The van der Waals surface area contributed by atoms with Crippen LogP contribution in [-0.2, 0) is 13.0 Å². The number of hydrogen-bond donors (Lipinski definition) is 3. The number of H-pyrrole nitrogens is 1. The fourth-order valence-corrected chi connectivity index (χ4v) is 2.81. The lowest BCUT2D eigenvalue weighted by Crippen LogP contribution is -2.37. The second-order valence-electron chi connectivity index (χ2n) is 5.55. The summed E-state index contributed by atoms with van der Waals surface area (Å²) < 4.78 is 0. The summed E-state index contributed by atoms with van der Waals surface area (Å²) in [4.78, 5) is 7.71. The van der Waals surface area contributed by atoms with Crippen molar-refractivity contribution >= 4 is 11.6 Å². The largest absolute Gasteiger partial charge is 0.344 e. The van der Waals surface area contributed by atoms with E-state index in [0.717, 1.165) is 56.6 Å². The molecule has 0 spiro atoms. The summed E-state index contributed by atoms with van der Waals surface area (Å²) in [6, 6.07) is 0.965. The maximum Gasteiger partial charge on any atom is 0.151 e. The van der Waals surface area contributed by atoms with Crippen LogP contribution in [0.5, 0.6) is 0 Å². The lowest BCUT2D eigenvalue weighted by molar-refractivity contribution is 0.341. The highest BCUT2D eigenvalue weighted by molar-refractivity contribution is 6.30. The van der Waals surface area contributed by atoms with Crippen LogP contribution in [0.25, 0.3) is 0 Å². The zero-order chi connectivity index (χ0) is 13.7. The minimum absolute atomic E-state index is 0.398. The highest BCUT2D eigenvalue weighted by atomic mass is 35.5. The van der Waals surface area contributed by atoms with Crippen LogP contribution in [0.1, 0.15) is 57.0 Å². The Kier molecular flexibility index (Phi) is 5.67. The van der Waals surface area contributed by atoms with E-state index in [-0.39, 0.29) is 0 Å². The Bertz CT molecular complexity index is 383. The highest BCUT2D eigenvalue weighted by Crippen LogP contribution is 2.19. The number of hydrogen-bond acceptors (Lipinski definition) is 3. The van der Waals surface area contributed by atoms with E-state index in [1.807, 2.05) is 0 Å². The van der Waals surface area contributed by atoms with Crippen LogP contribution in [0.15, 0.2) is 0 Å². The van der Waals surface area contributed by atoms with E-state index in [4.69, 9.17) is 17.3 Å². The standard InChI is InChI=1S/C14H25ClN4/c1-2-3-4-13-18-12(14(15)19-13)9-17-11-7-5-10(16)6-8-11/h10-11,17H,2-9,16H2,1H3,(H,18,19). The maximum atomic E-state index is 6.16. The van der Waals surface area contributed by atoms with Gasteiger partial charge in [0.15, 0.2) is 5.15 Å². The molecule has 1 aliphatic rings. The lowest BCUT2D eigenvalue weighted by atomic mass is 9.92. The van der Waals surface area contributed by atoms with Gasteiger partial charge in [-0.2, -0.15) is 0 Å². The molecule has 1 aliphatic carbocycles. The molecule has 1 fully saturated rings. The molecule has 108 valence electrons. The number of rotatable bonds is 6. The van der Waals surface area contributed by atoms with Gasteiger partial charge >= 0.3 is 0 Å². The van der Waals surface area contributed by atoms with Gasteiger partial charge in [-0.1, -0.05) is 24.9 Å².